The Morgan fingerprint density at radius 1 is 1.25 bits per heavy atom. The van der Waals surface area contributed by atoms with E-state index < -0.39 is 0 Å². The van der Waals surface area contributed by atoms with E-state index in [1.807, 2.05) is 0 Å². The van der Waals surface area contributed by atoms with Crippen LogP contribution in [0.25, 0.3) is 10.9 Å². The second kappa shape index (κ2) is 5.08. The molecule has 2 heterocycles. The molecule has 0 unspecified atom stereocenters. The second-order valence-electron chi connectivity index (χ2n) is 6.21. The molecular weight excluding hydrogens is 248 g/mol. The van der Waals surface area contributed by atoms with Crippen molar-refractivity contribution in [3.05, 3.63) is 17.0 Å². The van der Waals surface area contributed by atoms with Crippen LogP contribution in [-0.2, 0) is 25.8 Å². The number of pyridine rings is 1. The van der Waals surface area contributed by atoms with E-state index >= 15 is 0 Å². The molecule has 1 aliphatic carbocycles. The molecule has 2 aromatic rings. The van der Waals surface area contributed by atoms with Gasteiger partial charge in [0.2, 0.25) is 0 Å². The third kappa shape index (κ3) is 2.07. The largest absolute Gasteiger partial charge is 0.382 e. The summed E-state index contributed by atoms with van der Waals surface area (Å²) in [5.74, 6) is 1.23. The molecule has 0 aromatic carbocycles. The molecule has 0 amide bonds. The molecule has 20 heavy (non-hydrogen) atoms. The molecule has 108 valence electrons. The van der Waals surface area contributed by atoms with Gasteiger partial charge in [-0.3, -0.25) is 4.68 Å². The molecule has 0 spiro atoms. The Bertz CT molecular complexity index is 640. The van der Waals surface area contributed by atoms with Gasteiger partial charge in [-0.15, -0.1) is 0 Å². The fraction of sp³-hybridized carbons (Fsp3) is 0.625. The van der Waals surface area contributed by atoms with Crippen molar-refractivity contribution >= 4 is 16.7 Å². The van der Waals surface area contributed by atoms with Crippen LogP contribution < -0.4 is 5.73 Å². The summed E-state index contributed by atoms with van der Waals surface area (Å²) < 4.78 is 2.12. The van der Waals surface area contributed by atoms with Crippen LogP contribution >= 0.6 is 0 Å². The van der Waals surface area contributed by atoms with Crippen LogP contribution in [-0.4, -0.2) is 14.8 Å². The molecule has 0 saturated carbocycles. The minimum absolute atomic E-state index is 0.609. The Labute approximate surface area is 120 Å². The lowest BCUT2D eigenvalue weighted by molar-refractivity contribution is 0.567. The first-order valence-corrected chi connectivity index (χ1v) is 7.78. The topological polar surface area (TPSA) is 56.7 Å². The van der Waals surface area contributed by atoms with Gasteiger partial charge >= 0.3 is 0 Å². The third-order valence-corrected chi connectivity index (χ3v) is 4.20. The summed E-state index contributed by atoms with van der Waals surface area (Å²) in [4.78, 5) is 4.61. The second-order valence-corrected chi connectivity index (χ2v) is 6.21. The maximum Gasteiger partial charge on any atom is 0.152 e. The zero-order valence-corrected chi connectivity index (χ0v) is 12.7. The number of aryl methyl sites for hydroxylation is 3. The molecule has 0 atom stereocenters. The molecule has 0 saturated heterocycles. The monoisotopic (exact) mass is 272 g/mol. The average Bonchev–Trinajstić information content (AvgIpc) is 2.78. The van der Waals surface area contributed by atoms with Crippen molar-refractivity contribution in [3.8, 4) is 0 Å². The number of nitrogens with zero attached hydrogens (tertiary/aromatic N) is 3. The first-order chi connectivity index (χ1) is 9.61. The number of hydrogen-bond acceptors (Lipinski definition) is 3. The average molecular weight is 272 g/mol. The first kappa shape index (κ1) is 13.4. The minimum atomic E-state index is 0.609. The summed E-state index contributed by atoms with van der Waals surface area (Å²) in [7, 11) is 0. The maximum absolute atomic E-state index is 6.16. The van der Waals surface area contributed by atoms with Crippen LogP contribution in [0.1, 0.15) is 50.6 Å². The molecule has 1 aliphatic rings. The van der Waals surface area contributed by atoms with Gasteiger partial charge in [0.25, 0.3) is 0 Å². The zero-order valence-electron chi connectivity index (χ0n) is 12.7. The Morgan fingerprint density at radius 2 is 2.00 bits per heavy atom. The van der Waals surface area contributed by atoms with E-state index in [1.54, 1.807) is 0 Å². The van der Waals surface area contributed by atoms with Crippen molar-refractivity contribution in [2.45, 2.75) is 59.4 Å². The van der Waals surface area contributed by atoms with Gasteiger partial charge in [-0.1, -0.05) is 13.8 Å². The lowest BCUT2D eigenvalue weighted by Gasteiger charge is -2.17. The van der Waals surface area contributed by atoms with Crippen LogP contribution in [0.15, 0.2) is 0 Å². The molecule has 0 bridgehead atoms. The van der Waals surface area contributed by atoms with Gasteiger partial charge in [0, 0.05) is 23.3 Å². The van der Waals surface area contributed by atoms with Crippen molar-refractivity contribution in [2.75, 3.05) is 5.73 Å². The van der Waals surface area contributed by atoms with Crippen LogP contribution in [0.3, 0.4) is 0 Å². The van der Waals surface area contributed by atoms with Gasteiger partial charge in [-0.25, -0.2) is 4.98 Å². The summed E-state index contributed by atoms with van der Waals surface area (Å²) in [6.07, 6.45) is 5.73. The van der Waals surface area contributed by atoms with Crippen LogP contribution in [0.4, 0.5) is 5.82 Å². The number of hydrogen-bond donors (Lipinski definition) is 1. The summed E-state index contributed by atoms with van der Waals surface area (Å²) in [5, 5.41) is 6.03. The molecule has 4 heteroatoms. The fourth-order valence-electron chi connectivity index (χ4n) is 3.33. The van der Waals surface area contributed by atoms with E-state index in [9.17, 15) is 0 Å². The van der Waals surface area contributed by atoms with E-state index in [1.165, 1.54) is 35.2 Å². The molecule has 0 fully saturated rings. The number of anilines is 1. The van der Waals surface area contributed by atoms with Gasteiger partial charge in [-0.05, 0) is 50.5 Å². The Kier molecular flexibility index (Phi) is 3.40. The van der Waals surface area contributed by atoms with Gasteiger partial charge in [0.1, 0.15) is 5.52 Å². The predicted molar refractivity (Wildman–Crippen MR) is 82.8 cm³/mol. The van der Waals surface area contributed by atoms with Crippen molar-refractivity contribution in [1.29, 1.82) is 0 Å². The molecular formula is C16H24N4. The molecule has 2 aromatic heterocycles. The van der Waals surface area contributed by atoms with Crippen molar-refractivity contribution in [1.82, 2.24) is 14.8 Å². The zero-order chi connectivity index (χ0) is 14.3. The Morgan fingerprint density at radius 3 is 2.70 bits per heavy atom. The lowest BCUT2D eigenvalue weighted by Crippen LogP contribution is -2.10. The fourth-order valence-corrected chi connectivity index (χ4v) is 3.33. The van der Waals surface area contributed by atoms with Crippen LogP contribution in [0.2, 0.25) is 0 Å². The Balaban J connectivity index is 2.31. The maximum atomic E-state index is 6.16. The minimum Gasteiger partial charge on any atom is -0.382 e. The number of nitrogen functional groups attached to an aromatic ring is 1. The summed E-state index contributed by atoms with van der Waals surface area (Å²) in [6.45, 7) is 7.56. The first-order valence-electron chi connectivity index (χ1n) is 7.78. The number of nitrogens with two attached hydrogens (primary N) is 1. The standard InChI is InChI=1S/C16H24N4/c1-4-20-13(9-10(2)3)14-11-7-5-6-8-12(11)18-16(17)15(14)19-20/h10H,4-9H2,1-3H3,(H2,17,18). The predicted octanol–water partition coefficient (Wildman–Crippen LogP) is 3.11. The highest BCUT2D eigenvalue weighted by Gasteiger charge is 2.22. The molecule has 0 aliphatic heterocycles. The number of aromatic nitrogens is 3. The smallest absolute Gasteiger partial charge is 0.152 e. The molecule has 4 nitrogen and oxygen atoms in total. The van der Waals surface area contributed by atoms with E-state index in [4.69, 9.17) is 10.8 Å². The summed E-state index contributed by atoms with van der Waals surface area (Å²) in [5.41, 5.74) is 11.1. The molecule has 0 radical (unpaired) electrons. The van der Waals surface area contributed by atoms with Gasteiger partial charge < -0.3 is 5.73 Å². The number of fused-ring (bicyclic) bond motifs is 3. The highest BCUT2D eigenvalue weighted by molar-refractivity contribution is 5.93. The van der Waals surface area contributed by atoms with Crippen molar-refractivity contribution in [3.63, 3.8) is 0 Å². The van der Waals surface area contributed by atoms with E-state index in [0.717, 1.165) is 31.3 Å². The molecule has 3 rings (SSSR count). The normalized spacial score (nSPS) is 15.0. The Hall–Kier alpha value is -1.58. The van der Waals surface area contributed by atoms with Crippen molar-refractivity contribution < 1.29 is 0 Å². The van der Waals surface area contributed by atoms with Crippen LogP contribution in [0.5, 0.6) is 0 Å². The summed E-state index contributed by atoms with van der Waals surface area (Å²) >= 11 is 0. The van der Waals surface area contributed by atoms with E-state index in [2.05, 4.69) is 30.4 Å². The summed E-state index contributed by atoms with van der Waals surface area (Å²) in [6, 6.07) is 0. The van der Waals surface area contributed by atoms with Gasteiger partial charge in [-0.2, -0.15) is 5.10 Å². The highest BCUT2D eigenvalue weighted by atomic mass is 15.3. The highest BCUT2D eigenvalue weighted by Crippen LogP contribution is 2.33. The number of rotatable bonds is 3. The SMILES string of the molecule is CCn1nc2c(N)nc3c(c2c1CC(C)C)CCCC3. The van der Waals surface area contributed by atoms with Crippen molar-refractivity contribution in [2.24, 2.45) is 5.92 Å². The van der Waals surface area contributed by atoms with E-state index in [0.29, 0.717) is 11.7 Å². The quantitative estimate of drug-likeness (QED) is 0.934. The van der Waals surface area contributed by atoms with Gasteiger partial charge in [0.15, 0.2) is 5.82 Å². The molecule has 2 N–H and O–H groups in total. The van der Waals surface area contributed by atoms with Crippen LogP contribution in [0, 0.1) is 5.92 Å². The lowest BCUT2D eigenvalue weighted by atomic mass is 9.91. The van der Waals surface area contributed by atoms with E-state index in [-0.39, 0.29) is 0 Å². The third-order valence-electron chi connectivity index (χ3n) is 4.20. The van der Waals surface area contributed by atoms with Gasteiger partial charge in [0.05, 0.1) is 0 Å².